The minimum absolute atomic E-state index is 0.224. The van der Waals surface area contributed by atoms with Gasteiger partial charge in [0.25, 0.3) is 5.91 Å². The maximum Gasteiger partial charge on any atom is 0.255 e. The summed E-state index contributed by atoms with van der Waals surface area (Å²) in [4.78, 5) is 18.1. The fourth-order valence-corrected chi connectivity index (χ4v) is 5.30. The van der Waals surface area contributed by atoms with Crippen molar-refractivity contribution >= 4 is 33.5 Å². The molecule has 0 spiro atoms. The summed E-state index contributed by atoms with van der Waals surface area (Å²) in [5, 5.41) is 10.8. The van der Waals surface area contributed by atoms with Gasteiger partial charge in [-0.25, -0.2) is 4.68 Å². The quantitative estimate of drug-likeness (QED) is 0.254. The van der Waals surface area contributed by atoms with Crippen LogP contribution < -0.4 is 20.1 Å². The van der Waals surface area contributed by atoms with Gasteiger partial charge in [-0.3, -0.25) is 4.79 Å². The molecule has 8 nitrogen and oxygen atoms in total. The molecule has 0 saturated heterocycles. The number of carbonyl (C=O) groups is 1. The molecule has 0 saturated carbocycles. The first-order valence-electron chi connectivity index (χ1n) is 12.7. The van der Waals surface area contributed by atoms with Crippen LogP contribution in [0.4, 0.5) is 11.6 Å². The van der Waals surface area contributed by atoms with E-state index in [0.717, 1.165) is 33.3 Å². The molecule has 1 aromatic heterocycles. The molecule has 200 valence electrons. The largest absolute Gasteiger partial charge is 0.493 e. The Kier molecular flexibility index (Phi) is 7.70. The van der Waals surface area contributed by atoms with E-state index >= 15 is 0 Å². The van der Waals surface area contributed by atoms with Crippen LogP contribution in [0.1, 0.15) is 35.2 Å². The van der Waals surface area contributed by atoms with Crippen molar-refractivity contribution in [3.8, 4) is 11.5 Å². The SMILES string of the molecule is COc1cc(C2C(C(=O)Nc3cccc(C)c3C)=C(C)Nc3ncnn32)cc(Br)c1OCCc1ccccc1. The number of amides is 1. The highest BCUT2D eigenvalue weighted by atomic mass is 79.9. The molecule has 4 aromatic rings. The van der Waals surface area contributed by atoms with Crippen molar-refractivity contribution in [2.45, 2.75) is 33.2 Å². The van der Waals surface area contributed by atoms with E-state index < -0.39 is 6.04 Å². The summed E-state index contributed by atoms with van der Waals surface area (Å²) < 4.78 is 14.3. The average molecular weight is 589 g/mol. The predicted molar refractivity (Wildman–Crippen MR) is 155 cm³/mol. The van der Waals surface area contributed by atoms with E-state index in [4.69, 9.17) is 9.47 Å². The molecule has 0 aliphatic carbocycles. The molecular weight excluding hydrogens is 558 g/mol. The number of hydrogen-bond acceptors (Lipinski definition) is 6. The summed E-state index contributed by atoms with van der Waals surface area (Å²) in [6.07, 6.45) is 2.24. The number of hydrogen-bond donors (Lipinski definition) is 2. The van der Waals surface area contributed by atoms with Gasteiger partial charge in [0, 0.05) is 17.8 Å². The van der Waals surface area contributed by atoms with Crippen LogP contribution in [0.15, 0.2) is 82.7 Å². The van der Waals surface area contributed by atoms with Crippen LogP contribution in [-0.4, -0.2) is 34.4 Å². The van der Waals surface area contributed by atoms with Gasteiger partial charge >= 0.3 is 0 Å². The lowest BCUT2D eigenvalue weighted by atomic mass is 9.94. The lowest BCUT2D eigenvalue weighted by Crippen LogP contribution is -2.31. The topological polar surface area (TPSA) is 90.3 Å². The molecule has 3 aromatic carbocycles. The number of aromatic nitrogens is 3. The Labute approximate surface area is 236 Å². The second-order valence-electron chi connectivity index (χ2n) is 9.41. The van der Waals surface area contributed by atoms with Gasteiger partial charge in [0.15, 0.2) is 11.5 Å². The molecule has 1 aliphatic heterocycles. The van der Waals surface area contributed by atoms with Gasteiger partial charge in [-0.2, -0.15) is 10.1 Å². The van der Waals surface area contributed by atoms with E-state index in [1.165, 1.54) is 11.9 Å². The number of methoxy groups -OCH3 is 1. The highest BCUT2D eigenvalue weighted by Gasteiger charge is 2.34. The fraction of sp³-hybridized carbons (Fsp3) is 0.233. The molecule has 0 fully saturated rings. The van der Waals surface area contributed by atoms with Crippen molar-refractivity contribution in [1.29, 1.82) is 0 Å². The van der Waals surface area contributed by atoms with Crippen LogP contribution in [0.3, 0.4) is 0 Å². The molecule has 2 N–H and O–H groups in total. The summed E-state index contributed by atoms with van der Waals surface area (Å²) in [5.41, 5.74) is 6.11. The van der Waals surface area contributed by atoms with Crippen LogP contribution in [-0.2, 0) is 11.2 Å². The van der Waals surface area contributed by atoms with Gasteiger partial charge in [-0.15, -0.1) is 0 Å². The number of anilines is 2. The number of nitrogens with one attached hydrogen (secondary N) is 2. The molecule has 1 unspecified atom stereocenters. The van der Waals surface area contributed by atoms with Gasteiger partial charge in [0.1, 0.15) is 12.4 Å². The Balaban J connectivity index is 1.49. The highest BCUT2D eigenvalue weighted by molar-refractivity contribution is 9.10. The molecule has 1 atom stereocenters. The van der Waals surface area contributed by atoms with Crippen LogP contribution in [0.2, 0.25) is 0 Å². The zero-order valence-electron chi connectivity index (χ0n) is 22.3. The Morgan fingerprint density at radius 1 is 1.10 bits per heavy atom. The van der Waals surface area contributed by atoms with Gasteiger partial charge in [0.05, 0.1) is 23.8 Å². The molecule has 1 amide bonds. The molecule has 1 aliphatic rings. The molecule has 5 rings (SSSR count). The average Bonchev–Trinajstić information content (AvgIpc) is 3.39. The Bertz CT molecular complexity index is 1550. The lowest BCUT2D eigenvalue weighted by Gasteiger charge is -2.29. The number of benzene rings is 3. The number of rotatable bonds is 8. The van der Waals surface area contributed by atoms with Crippen LogP contribution in [0.25, 0.3) is 0 Å². The highest BCUT2D eigenvalue weighted by Crippen LogP contribution is 2.43. The number of carbonyl (C=O) groups excluding carboxylic acids is 1. The maximum atomic E-state index is 13.8. The monoisotopic (exact) mass is 587 g/mol. The van der Waals surface area contributed by atoms with E-state index in [1.807, 2.05) is 69.3 Å². The van der Waals surface area contributed by atoms with Crippen LogP contribution in [0, 0.1) is 13.8 Å². The molecule has 0 radical (unpaired) electrons. The van der Waals surface area contributed by atoms with Crippen molar-refractivity contribution < 1.29 is 14.3 Å². The maximum absolute atomic E-state index is 13.8. The van der Waals surface area contributed by atoms with Gasteiger partial charge in [-0.1, -0.05) is 42.5 Å². The second kappa shape index (κ2) is 11.3. The number of allylic oxidation sites excluding steroid dienone is 1. The summed E-state index contributed by atoms with van der Waals surface area (Å²) in [6, 6.07) is 19.3. The Morgan fingerprint density at radius 3 is 2.67 bits per heavy atom. The van der Waals surface area contributed by atoms with E-state index in [1.54, 1.807) is 11.8 Å². The third-order valence-corrected chi connectivity index (χ3v) is 7.53. The third-order valence-electron chi connectivity index (χ3n) is 6.94. The number of fused-ring (bicyclic) bond motifs is 1. The molecule has 9 heteroatoms. The normalized spacial score (nSPS) is 14.4. The number of ether oxygens (including phenoxy) is 2. The summed E-state index contributed by atoms with van der Waals surface area (Å²) >= 11 is 3.68. The molecular formula is C30H30BrN5O3. The first kappa shape index (κ1) is 26.5. The predicted octanol–water partition coefficient (Wildman–Crippen LogP) is 6.22. The molecule has 39 heavy (non-hydrogen) atoms. The van der Waals surface area contributed by atoms with Crippen molar-refractivity contribution in [3.63, 3.8) is 0 Å². The smallest absolute Gasteiger partial charge is 0.255 e. The summed E-state index contributed by atoms with van der Waals surface area (Å²) in [6.45, 7) is 6.38. The van der Waals surface area contributed by atoms with E-state index in [9.17, 15) is 4.79 Å². The van der Waals surface area contributed by atoms with E-state index in [2.05, 4.69) is 48.8 Å². The zero-order valence-corrected chi connectivity index (χ0v) is 23.9. The first-order valence-corrected chi connectivity index (χ1v) is 13.5. The summed E-state index contributed by atoms with van der Waals surface area (Å²) in [7, 11) is 1.61. The number of aryl methyl sites for hydroxylation is 1. The standard InChI is InChI=1S/C30H30BrN5O3/c1-18-9-8-12-24(19(18)2)35-29(37)26-20(3)34-30-32-17-33-36(30)27(26)22-15-23(31)28(25(16-22)38-4)39-14-13-21-10-6-5-7-11-21/h5-12,15-17,27H,13-14H2,1-4H3,(H,35,37)(H,32,33,34). The van der Waals surface area contributed by atoms with E-state index in [-0.39, 0.29) is 5.91 Å². The van der Waals surface area contributed by atoms with E-state index in [0.29, 0.717) is 35.3 Å². The van der Waals surface area contributed by atoms with Crippen LogP contribution >= 0.6 is 15.9 Å². The minimum Gasteiger partial charge on any atom is -0.493 e. The van der Waals surface area contributed by atoms with Gasteiger partial charge in [0.2, 0.25) is 5.95 Å². The number of nitrogens with zero attached hydrogens (tertiary/aromatic N) is 3. The Hall–Kier alpha value is -4.11. The fourth-order valence-electron chi connectivity index (χ4n) is 4.72. The van der Waals surface area contributed by atoms with Crippen molar-refractivity contribution in [3.05, 3.63) is 105 Å². The van der Waals surface area contributed by atoms with Crippen LogP contribution in [0.5, 0.6) is 11.5 Å². The lowest BCUT2D eigenvalue weighted by molar-refractivity contribution is -0.113. The molecule has 0 bridgehead atoms. The first-order chi connectivity index (χ1) is 18.9. The molecule has 2 heterocycles. The summed E-state index contributed by atoms with van der Waals surface area (Å²) in [5.74, 6) is 1.49. The number of halogens is 1. The second-order valence-corrected chi connectivity index (χ2v) is 10.3. The minimum atomic E-state index is -0.544. The third kappa shape index (κ3) is 5.40. The van der Waals surface area contributed by atoms with Gasteiger partial charge in [-0.05, 0) is 77.2 Å². The van der Waals surface area contributed by atoms with Crippen molar-refractivity contribution in [1.82, 2.24) is 14.8 Å². The zero-order chi connectivity index (χ0) is 27.5. The van der Waals surface area contributed by atoms with Crippen molar-refractivity contribution in [2.75, 3.05) is 24.4 Å². The van der Waals surface area contributed by atoms with Gasteiger partial charge < -0.3 is 20.1 Å². The Morgan fingerprint density at radius 2 is 1.90 bits per heavy atom. The van der Waals surface area contributed by atoms with Crippen molar-refractivity contribution in [2.24, 2.45) is 0 Å².